The number of hydrogen-bond donors (Lipinski definition) is 0. The lowest BCUT2D eigenvalue weighted by atomic mass is 10.2. The molecule has 0 atom stereocenters. The lowest BCUT2D eigenvalue weighted by Crippen LogP contribution is -2.27. The summed E-state index contributed by atoms with van der Waals surface area (Å²) in [5, 5.41) is 0. The molecular weight excluding hydrogens is 335 g/mol. The second-order valence-electron chi connectivity index (χ2n) is 5.24. The van der Waals surface area contributed by atoms with E-state index in [0.29, 0.717) is 10.8 Å². The van der Waals surface area contributed by atoms with Crippen LogP contribution in [-0.2, 0) is 20.3 Å². The zero-order chi connectivity index (χ0) is 16.6. The summed E-state index contributed by atoms with van der Waals surface area (Å²) in [5.74, 6) is -1.07. The highest BCUT2D eigenvalue weighted by atomic mass is 35.7. The average molecular weight is 348 g/mol. The predicted octanol–water partition coefficient (Wildman–Crippen LogP) is 2.93. The van der Waals surface area contributed by atoms with Crippen LogP contribution in [0.5, 0.6) is 0 Å². The molecule has 1 aromatic rings. The van der Waals surface area contributed by atoms with Gasteiger partial charge in [0.15, 0.2) is 0 Å². The number of carbonyl (C=O) groups excluding carboxylic acids is 1. The molecule has 1 heterocycles. The molecule has 0 radical (unpaired) electrons. The number of esters is 1. The third-order valence-electron chi connectivity index (χ3n) is 2.11. The molecule has 10 heteroatoms. The smallest absolute Gasteiger partial charge is 0.406 e. The standard InChI is InChI=1S/C11H13ClF3NO4S/c1-10(2,3)20-9(17)8-4-7(21(12,18)19)5-16(8)6-11(13,14)15/h4-5H,6H2,1-3H3. The van der Waals surface area contributed by atoms with Gasteiger partial charge < -0.3 is 9.30 Å². The van der Waals surface area contributed by atoms with Gasteiger partial charge in [0, 0.05) is 16.9 Å². The average Bonchev–Trinajstić information content (AvgIpc) is 2.55. The fourth-order valence-electron chi connectivity index (χ4n) is 1.44. The fourth-order valence-corrected chi connectivity index (χ4v) is 2.20. The highest BCUT2D eigenvalue weighted by Gasteiger charge is 2.32. The van der Waals surface area contributed by atoms with Crippen LogP contribution >= 0.6 is 10.7 Å². The van der Waals surface area contributed by atoms with Crippen molar-refractivity contribution in [2.75, 3.05) is 0 Å². The van der Waals surface area contributed by atoms with Gasteiger partial charge in [-0.2, -0.15) is 13.2 Å². The van der Waals surface area contributed by atoms with Gasteiger partial charge in [0.1, 0.15) is 22.7 Å². The van der Waals surface area contributed by atoms with Crippen molar-refractivity contribution < 1.29 is 31.1 Å². The van der Waals surface area contributed by atoms with E-state index in [4.69, 9.17) is 15.4 Å². The first kappa shape index (κ1) is 17.8. The van der Waals surface area contributed by atoms with Crippen LogP contribution in [0.1, 0.15) is 31.3 Å². The molecule has 0 N–H and O–H groups in total. The van der Waals surface area contributed by atoms with Crippen LogP contribution in [0.2, 0.25) is 0 Å². The molecular formula is C11H13ClF3NO4S. The first-order chi connectivity index (χ1) is 9.19. The number of aromatic nitrogens is 1. The lowest BCUT2D eigenvalue weighted by molar-refractivity contribution is -0.140. The van der Waals surface area contributed by atoms with Gasteiger partial charge in [0.25, 0.3) is 9.05 Å². The minimum atomic E-state index is -4.64. The number of alkyl halides is 3. The zero-order valence-electron chi connectivity index (χ0n) is 11.4. The Morgan fingerprint density at radius 1 is 1.33 bits per heavy atom. The van der Waals surface area contributed by atoms with E-state index in [1.165, 1.54) is 20.8 Å². The van der Waals surface area contributed by atoms with Crippen LogP contribution < -0.4 is 0 Å². The van der Waals surface area contributed by atoms with Crippen molar-refractivity contribution in [2.24, 2.45) is 0 Å². The Bertz CT molecular complexity index is 643. The van der Waals surface area contributed by atoms with Crippen molar-refractivity contribution in [2.45, 2.75) is 44.0 Å². The highest BCUT2D eigenvalue weighted by Crippen LogP contribution is 2.25. The summed E-state index contributed by atoms with van der Waals surface area (Å²) < 4.78 is 65.2. The minimum absolute atomic E-state index is 0.448. The van der Waals surface area contributed by atoms with E-state index >= 15 is 0 Å². The van der Waals surface area contributed by atoms with Crippen molar-refractivity contribution in [3.05, 3.63) is 18.0 Å². The zero-order valence-corrected chi connectivity index (χ0v) is 12.9. The summed E-state index contributed by atoms with van der Waals surface area (Å²) in [7, 11) is 0.817. The number of carbonyl (C=O) groups is 1. The van der Waals surface area contributed by atoms with Crippen LogP contribution in [-0.4, -0.2) is 30.7 Å². The molecule has 0 fully saturated rings. The minimum Gasteiger partial charge on any atom is -0.455 e. The maximum Gasteiger partial charge on any atom is 0.406 e. The molecule has 0 unspecified atom stereocenters. The molecule has 0 amide bonds. The third kappa shape index (κ3) is 5.58. The third-order valence-corrected chi connectivity index (χ3v) is 3.43. The second kappa shape index (κ2) is 5.53. The van der Waals surface area contributed by atoms with Crippen molar-refractivity contribution in [3.63, 3.8) is 0 Å². The molecule has 0 aliphatic carbocycles. The Morgan fingerprint density at radius 2 is 1.86 bits per heavy atom. The second-order valence-corrected chi connectivity index (χ2v) is 7.81. The summed E-state index contributed by atoms with van der Waals surface area (Å²) in [6.45, 7) is 3.05. The Hall–Kier alpha value is -1.22. The van der Waals surface area contributed by atoms with Gasteiger partial charge in [-0.05, 0) is 26.8 Å². The number of ether oxygens (including phenoxy) is 1. The van der Waals surface area contributed by atoms with Gasteiger partial charge in [-0.15, -0.1) is 0 Å². The van der Waals surface area contributed by atoms with Gasteiger partial charge in [0.2, 0.25) is 0 Å². The van der Waals surface area contributed by atoms with E-state index in [0.717, 1.165) is 6.07 Å². The first-order valence-corrected chi connectivity index (χ1v) is 7.95. The Balaban J connectivity index is 3.28. The molecule has 0 spiro atoms. The van der Waals surface area contributed by atoms with Crippen molar-refractivity contribution in [3.8, 4) is 0 Å². The van der Waals surface area contributed by atoms with Crippen LogP contribution in [0.15, 0.2) is 17.2 Å². The van der Waals surface area contributed by atoms with Crippen LogP contribution in [0.3, 0.4) is 0 Å². The summed E-state index contributed by atoms with van der Waals surface area (Å²) >= 11 is 0. The van der Waals surface area contributed by atoms with Crippen molar-refractivity contribution in [1.82, 2.24) is 4.57 Å². The first-order valence-electron chi connectivity index (χ1n) is 5.64. The maximum absolute atomic E-state index is 12.5. The summed E-state index contributed by atoms with van der Waals surface area (Å²) in [4.78, 5) is 11.3. The normalized spacial score (nSPS) is 13.3. The predicted molar refractivity (Wildman–Crippen MR) is 68.7 cm³/mol. The fraction of sp³-hybridized carbons (Fsp3) is 0.545. The van der Waals surface area contributed by atoms with E-state index in [2.05, 4.69) is 0 Å². The summed E-state index contributed by atoms with van der Waals surface area (Å²) in [6.07, 6.45) is -3.99. The largest absolute Gasteiger partial charge is 0.455 e. The van der Waals surface area contributed by atoms with E-state index in [9.17, 15) is 26.4 Å². The number of hydrogen-bond acceptors (Lipinski definition) is 4. The molecule has 0 bridgehead atoms. The molecule has 120 valence electrons. The van der Waals surface area contributed by atoms with Crippen LogP contribution in [0, 0.1) is 0 Å². The van der Waals surface area contributed by atoms with Gasteiger partial charge in [-0.1, -0.05) is 0 Å². The monoisotopic (exact) mass is 347 g/mol. The molecule has 21 heavy (non-hydrogen) atoms. The topological polar surface area (TPSA) is 65.4 Å². The van der Waals surface area contributed by atoms with Gasteiger partial charge in [-0.3, -0.25) is 0 Å². The molecule has 0 aromatic carbocycles. The Morgan fingerprint density at radius 3 is 2.24 bits per heavy atom. The SMILES string of the molecule is CC(C)(C)OC(=O)c1cc(S(=O)(=O)Cl)cn1CC(F)(F)F. The lowest BCUT2D eigenvalue weighted by Gasteiger charge is -2.20. The van der Waals surface area contributed by atoms with Crippen LogP contribution in [0.4, 0.5) is 13.2 Å². The van der Waals surface area contributed by atoms with Gasteiger partial charge in [-0.25, -0.2) is 13.2 Å². The number of rotatable bonds is 3. The van der Waals surface area contributed by atoms with E-state index in [1.54, 1.807) is 0 Å². The van der Waals surface area contributed by atoms with Gasteiger partial charge >= 0.3 is 12.1 Å². The molecule has 5 nitrogen and oxygen atoms in total. The quantitative estimate of drug-likeness (QED) is 0.623. The Kier molecular flexibility index (Phi) is 4.69. The Labute approximate surface area is 124 Å². The van der Waals surface area contributed by atoms with E-state index in [-0.39, 0.29) is 0 Å². The van der Waals surface area contributed by atoms with E-state index < -0.39 is 43.9 Å². The number of halogens is 4. The van der Waals surface area contributed by atoms with Crippen LogP contribution in [0.25, 0.3) is 0 Å². The molecule has 0 saturated heterocycles. The highest BCUT2D eigenvalue weighted by molar-refractivity contribution is 8.13. The molecule has 0 aliphatic heterocycles. The van der Waals surface area contributed by atoms with E-state index in [1.807, 2.05) is 0 Å². The molecule has 1 rings (SSSR count). The van der Waals surface area contributed by atoms with Crippen molar-refractivity contribution in [1.29, 1.82) is 0 Å². The molecule has 0 saturated carbocycles. The molecule has 0 aliphatic rings. The molecule has 1 aromatic heterocycles. The summed E-state index contributed by atoms with van der Waals surface area (Å²) in [6, 6.07) is 0.752. The maximum atomic E-state index is 12.5. The van der Waals surface area contributed by atoms with Crippen molar-refractivity contribution >= 4 is 25.7 Å². The number of nitrogens with zero attached hydrogens (tertiary/aromatic N) is 1. The van der Waals surface area contributed by atoms with Gasteiger partial charge in [0.05, 0.1) is 0 Å². The summed E-state index contributed by atoms with van der Waals surface area (Å²) in [5.41, 5.74) is -1.48.